The standard InChI is InChI=1S/C18H16N2.C16H10N2O2/c1-11-13-7-3-5-9-15(13)19-17(11)18-12(2)14-8-4-6-10-16(14)20-18;19-15-9-5-1-3-7-11(9)17-13(15)14-16(20)10-6-2-4-8-12(10)18-14/h3-10,19-20H,1-2H3;1-8,17,19H. The first kappa shape index (κ1) is 23.7. The van der Waals surface area contributed by atoms with Crippen LogP contribution in [0.15, 0.2) is 102 Å². The molecule has 6 nitrogen and oxygen atoms in total. The van der Waals surface area contributed by atoms with Crippen molar-refractivity contribution in [2.24, 2.45) is 4.99 Å². The van der Waals surface area contributed by atoms with Crippen molar-refractivity contribution >= 4 is 49.9 Å². The molecule has 0 amide bonds. The molecule has 194 valence electrons. The molecule has 7 aromatic rings. The topological polar surface area (TPSA) is 97.0 Å². The minimum absolute atomic E-state index is 0.0699. The molecular weight excluding hydrogens is 496 g/mol. The molecule has 4 aromatic carbocycles. The predicted molar refractivity (Wildman–Crippen MR) is 162 cm³/mol. The lowest BCUT2D eigenvalue weighted by Crippen LogP contribution is -2.11. The average Bonchev–Trinajstić information content (AvgIpc) is 3.71. The Balaban J connectivity index is 0.000000132. The zero-order chi connectivity index (χ0) is 27.4. The fraction of sp³-hybridized carbons (Fsp3) is 0.0588. The number of hydrogen-bond acceptors (Lipinski definition) is 3. The fourth-order valence-corrected chi connectivity index (χ4v) is 5.59. The highest BCUT2D eigenvalue weighted by Crippen LogP contribution is 2.35. The van der Waals surface area contributed by atoms with Gasteiger partial charge in [0.2, 0.25) is 5.78 Å². The van der Waals surface area contributed by atoms with E-state index in [0.717, 1.165) is 5.52 Å². The maximum Gasteiger partial charge on any atom is 0.215 e. The molecule has 0 unspecified atom stereocenters. The summed E-state index contributed by atoms with van der Waals surface area (Å²) in [6, 6.07) is 31.5. The van der Waals surface area contributed by atoms with Crippen molar-refractivity contribution in [1.82, 2.24) is 15.0 Å². The van der Waals surface area contributed by atoms with Crippen LogP contribution < -0.4 is 0 Å². The van der Waals surface area contributed by atoms with E-state index in [1.54, 1.807) is 24.3 Å². The third kappa shape index (κ3) is 3.65. The highest BCUT2D eigenvalue weighted by atomic mass is 16.3. The second-order valence-corrected chi connectivity index (χ2v) is 10.0. The van der Waals surface area contributed by atoms with Gasteiger partial charge in [-0.3, -0.25) is 4.79 Å². The first-order chi connectivity index (χ1) is 19.5. The van der Waals surface area contributed by atoms with E-state index < -0.39 is 0 Å². The zero-order valence-corrected chi connectivity index (χ0v) is 22.0. The molecule has 0 radical (unpaired) electrons. The first-order valence-electron chi connectivity index (χ1n) is 13.2. The second kappa shape index (κ2) is 9.13. The molecule has 4 heterocycles. The number of para-hydroxylation sites is 4. The minimum atomic E-state index is -0.164. The van der Waals surface area contributed by atoms with Crippen molar-refractivity contribution in [2.45, 2.75) is 13.8 Å². The second-order valence-electron chi connectivity index (χ2n) is 10.0. The van der Waals surface area contributed by atoms with Crippen molar-refractivity contribution in [2.75, 3.05) is 0 Å². The summed E-state index contributed by atoms with van der Waals surface area (Å²) in [7, 11) is 0. The van der Waals surface area contributed by atoms with Gasteiger partial charge in [0.15, 0.2) is 5.75 Å². The number of aromatic nitrogens is 3. The number of aromatic hydroxyl groups is 1. The molecule has 1 aliphatic heterocycles. The molecule has 4 N–H and O–H groups in total. The summed E-state index contributed by atoms with van der Waals surface area (Å²) in [5, 5.41) is 13.6. The molecule has 0 fully saturated rings. The summed E-state index contributed by atoms with van der Waals surface area (Å²) < 4.78 is 0. The number of hydrogen-bond donors (Lipinski definition) is 4. The Morgan fingerprint density at radius 2 is 1.02 bits per heavy atom. The van der Waals surface area contributed by atoms with Crippen molar-refractivity contribution in [3.05, 3.63) is 119 Å². The Bertz CT molecular complexity index is 2040. The lowest BCUT2D eigenvalue weighted by Gasteiger charge is -1.99. The van der Waals surface area contributed by atoms with Crippen LogP contribution in [-0.2, 0) is 0 Å². The molecule has 40 heavy (non-hydrogen) atoms. The zero-order valence-electron chi connectivity index (χ0n) is 22.0. The Kier molecular flexibility index (Phi) is 5.42. The average molecular weight is 523 g/mol. The summed E-state index contributed by atoms with van der Waals surface area (Å²) in [6.45, 7) is 4.36. The van der Waals surface area contributed by atoms with Gasteiger partial charge >= 0.3 is 0 Å². The largest absolute Gasteiger partial charge is 0.505 e. The molecule has 8 rings (SSSR count). The number of aromatic amines is 3. The fourth-order valence-electron chi connectivity index (χ4n) is 5.59. The summed E-state index contributed by atoms with van der Waals surface area (Å²) in [6.07, 6.45) is 0. The van der Waals surface area contributed by atoms with E-state index in [2.05, 4.69) is 82.3 Å². The van der Waals surface area contributed by atoms with Gasteiger partial charge in [0.25, 0.3) is 0 Å². The number of rotatable bonds is 2. The number of Topliss-reactive ketones (excluding diaryl/α,β-unsaturated/α-hetero) is 1. The van der Waals surface area contributed by atoms with E-state index in [4.69, 9.17) is 0 Å². The Morgan fingerprint density at radius 3 is 1.55 bits per heavy atom. The molecule has 0 saturated heterocycles. The van der Waals surface area contributed by atoms with Crippen molar-refractivity contribution in [3.8, 4) is 17.1 Å². The van der Waals surface area contributed by atoms with Gasteiger partial charge in [-0.15, -0.1) is 0 Å². The van der Waals surface area contributed by atoms with Crippen molar-refractivity contribution in [1.29, 1.82) is 0 Å². The van der Waals surface area contributed by atoms with Gasteiger partial charge in [0.05, 0.1) is 17.1 Å². The number of ketones is 1. The maximum absolute atomic E-state index is 12.4. The highest BCUT2D eigenvalue weighted by molar-refractivity contribution is 6.55. The third-order valence-electron chi connectivity index (χ3n) is 7.69. The number of carbonyl (C=O) groups excluding carboxylic acids is 1. The van der Waals surface area contributed by atoms with Crippen LogP contribution in [0.1, 0.15) is 27.2 Å². The number of aryl methyl sites for hydroxylation is 2. The number of carbonyl (C=O) groups is 1. The summed E-state index contributed by atoms with van der Waals surface area (Å²) in [5.74, 6) is -0.0945. The van der Waals surface area contributed by atoms with Gasteiger partial charge in [-0.05, 0) is 61.4 Å². The van der Waals surface area contributed by atoms with Gasteiger partial charge in [-0.25, -0.2) is 4.99 Å². The number of aliphatic imine (C=N–C) groups is 1. The summed E-state index contributed by atoms with van der Waals surface area (Å²) in [4.78, 5) is 26.9. The lowest BCUT2D eigenvalue weighted by molar-refractivity contribution is 0.106. The van der Waals surface area contributed by atoms with E-state index in [1.807, 2.05) is 24.3 Å². The van der Waals surface area contributed by atoms with Crippen molar-refractivity contribution < 1.29 is 9.90 Å². The van der Waals surface area contributed by atoms with Crippen LogP contribution in [0.25, 0.3) is 44.1 Å². The summed E-state index contributed by atoms with van der Waals surface area (Å²) in [5.41, 5.74) is 10.0. The molecule has 6 heteroatoms. The van der Waals surface area contributed by atoms with E-state index >= 15 is 0 Å². The van der Waals surface area contributed by atoms with Gasteiger partial charge in [-0.2, -0.15) is 0 Å². The van der Waals surface area contributed by atoms with Crippen LogP contribution in [0.5, 0.6) is 5.75 Å². The molecule has 1 aliphatic rings. The van der Waals surface area contributed by atoms with Gasteiger partial charge in [0.1, 0.15) is 11.4 Å². The quantitative estimate of drug-likeness (QED) is 0.184. The summed E-state index contributed by atoms with van der Waals surface area (Å²) >= 11 is 0. The van der Waals surface area contributed by atoms with Crippen LogP contribution in [0.2, 0.25) is 0 Å². The van der Waals surface area contributed by atoms with Crippen LogP contribution >= 0.6 is 0 Å². The smallest absolute Gasteiger partial charge is 0.215 e. The van der Waals surface area contributed by atoms with Crippen LogP contribution in [0.4, 0.5) is 5.69 Å². The molecule has 0 bridgehead atoms. The number of fused-ring (bicyclic) bond motifs is 4. The molecular formula is C34H26N4O2. The third-order valence-corrected chi connectivity index (χ3v) is 7.69. The number of benzene rings is 4. The van der Waals surface area contributed by atoms with Gasteiger partial charge in [0, 0.05) is 38.3 Å². The number of nitrogens with one attached hydrogen (secondary N) is 3. The normalized spacial score (nSPS) is 12.6. The van der Waals surface area contributed by atoms with Gasteiger partial charge in [-0.1, -0.05) is 60.7 Å². The molecule has 0 atom stereocenters. The molecule has 0 spiro atoms. The van der Waals surface area contributed by atoms with E-state index in [0.29, 0.717) is 22.3 Å². The first-order valence-corrected chi connectivity index (χ1v) is 13.2. The van der Waals surface area contributed by atoms with E-state index in [1.165, 1.54) is 44.3 Å². The van der Waals surface area contributed by atoms with E-state index in [9.17, 15) is 9.90 Å². The van der Waals surface area contributed by atoms with Crippen LogP contribution in [0, 0.1) is 13.8 Å². The minimum Gasteiger partial charge on any atom is -0.505 e. The number of H-pyrrole nitrogens is 3. The molecule has 0 saturated carbocycles. The van der Waals surface area contributed by atoms with Crippen LogP contribution in [0.3, 0.4) is 0 Å². The van der Waals surface area contributed by atoms with Crippen LogP contribution in [-0.4, -0.2) is 31.6 Å². The Labute approximate surface area is 230 Å². The van der Waals surface area contributed by atoms with Gasteiger partial charge < -0.3 is 20.1 Å². The monoisotopic (exact) mass is 522 g/mol. The maximum atomic E-state index is 12.4. The Morgan fingerprint density at radius 1 is 0.575 bits per heavy atom. The molecule has 3 aromatic heterocycles. The SMILES string of the molecule is Cc1c(-c2[nH]c3ccccc3c2C)[nH]c2ccccc12.O=C1C(c2[nH]c3ccccc3c2O)=Nc2ccccc21. The lowest BCUT2D eigenvalue weighted by atomic mass is 10.1. The van der Waals surface area contributed by atoms with E-state index in [-0.39, 0.29) is 17.2 Å². The Hall–Kier alpha value is -5.36. The molecule has 0 aliphatic carbocycles. The van der Waals surface area contributed by atoms with Crippen molar-refractivity contribution in [3.63, 3.8) is 0 Å². The predicted octanol–water partition coefficient (Wildman–Crippen LogP) is 8.12. The number of nitrogens with zero attached hydrogens (tertiary/aromatic N) is 1. The highest BCUT2D eigenvalue weighted by Gasteiger charge is 2.29.